The topological polar surface area (TPSA) is 56.8 Å². The van der Waals surface area contributed by atoms with Crippen LogP contribution in [0.5, 0.6) is 5.75 Å². The molecule has 160 valence electrons. The second-order valence-corrected chi connectivity index (χ2v) is 7.55. The fraction of sp³-hybridized carbons (Fsp3) is 0.381. The summed E-state index contributed by atoms with van der Waals surface area (Å²) in [7, 11) is 0. The van der Waals surface area contributed by atoms with Crippen LogP contribution in [0.4, 0.5) is 35.9 Å². The van der Waals surface area contributed by atoms with Crippen LogP contribution in [-0.2, 0) is 4.79 Å². The molecule has 2 heterocycles. The zero-order chi connectivity index (χ0) is 21.3. The molecule has 1 saturated heterocycles. The normalized spacial score (nSPS) is 17.2. The van der Waals surface area contributed by atoms with Crippen molar-refractivity contribution in [3.63, 3.8) is 0 Å². The maximum Gasteiger partial charge on any atom is 0.401 e. The third kappa shape index (κ3) is 4.79. The van der Waals surface area contributed by atoms with Gasteiger partial charge in [0.25, 0.3) is 5.91 Å². The number of alkyl halides is 3. The zero-order valence-corrected chi connectivity index (χ0v) is 16.6. The molecule has 0 aromatic heterocycles. The first-order chi connectivity index (χ1) is 14.3. The van der Waals surface area contributed by atoms with E-state index in [1.54, 1.807) is 6.07 Å². The lowest BCUT2D eigenvalue weighted by Crippen LogP contribution is -2.49. The number of carbonyl (C=O) groups excluding carboxylic acids is 1. The van der Waals surface area contributed by atoms with Crippen molar-refractivity contribution in [1.29, 1.82) is 0 Å². The summed E-state index contributed by atoms with van der Waals surface area (Å²) >= 11 is 0. The Kier molecular flexibility index (Phi) is 5.46. The van der Waals surface area contributed by atoms with Crippen molar-refractivity contribution in [3.05, 3.63) is 42.0 Å². The van der Waals surface area contributed by atoms with Gasteiger partial charge in [0, 0.05) is 49.3 Å². The average Bonchev–Trinajstić information content (AvgIpc) is 2.69. The van der Waals surface area contributed by atoms with Crippen LogP contribution in [0.3, 0.4) is 0 Å². The first-order valence-electron chi connectivity index (χ1n) is 9.75. The first kappa shape index (κ1) is 20.3. The lowest BCUT2D eigenvalue weighted by molar-refractivity contribution is -0.146. The van der Waals surface area contributed by atoms with E-state index in [9.17, 15) is 18.0 Å². The molecule has 1 amide bonds. The minimum absolute atomic E-state index is 0.000409. The Hall–Kier alpha value is -2.94. The fourth-order valence-corrected chi connectivity index (χ4v) is 3.71. The maximum absolute atomic E-state index is 12.6. The van der Waals surface area contributed by atoms with Gasteiger partial charge in [-0.25, -0.2) is 0 Å². The number of hydrogen-bond donors (Lipinski definition) is 2. The summed E-state index contributed by atoms with van der Waals surface area (Å²) in [6.07, 6.45) is -4.15. The third-order valence-electron chi connectivity index (χ3n) is 5.24. The van der Waals surface area contributed by atoms with Crippen LogP contribution in [0.2, 0.25) is 0 Å². The largest absolute Gasteiger partial charge is 0.482 e. The predicted molar refractivity (Wildman–Crippen MR) is 110 cm³/mol. The van der Waals surface area contributed by atoms with E-state index in [1.165, 1.54) is 4.90 Å². The summed E-state index contributed by atoms with van der Waals surface area (Å²) in [5, 5.41) is 6.11. The van der Waals surface area contributed by atoms with Crippen LogP contribution < -0.4 is 20.3 Å². The van der Waals surface area contributed by atoms with E-state index in [0.29, 0.717) is 37.6 Å². The Bertz CT molecular complexity index is 940. The van der Waals surface area contributed by atoms with Gasteiger partial charge in [0.2, 0.25) is 0 Å². The Morgan fingerprint density at radius 1 is 1.10 bits per heavy atom. The van der Waals surface area contributed by atoms with Crippen molar-refractivity contribution in [3.8, 4) is 5.75 Å². The van der Waals surface area contributed by atoms with Crippen LogP contribution in [0.15, 0.2) is 36.4 Å². The summed E-state index contributed by atoms with van der Waals surface area (Å²) in [5.41, 5.74) is 4.43. The Morgan fingerprint density at radius 3 is 2.57 bits per heavy atom. The van der Waals surface area contributed by atoms with E-state index in [4.69, 9.17) is 4.74 Å². The van der Waals surface area contributed by atoms with Crippen LogP contribution in [0, 0.1) is 6.92 Å². The van der Waals surface area contributed by atoms with E-state index < -0.39 is 12.7 Å². The number of halogens is 3. The van der Waals surface area contributed by atoms with Crippen molar-refractivity contribution in [1.82, 2.24) is 4.90 Å². The molecule has 2 aromatic rings. The maximum atomic E-state index is 12.6. The standard InChI is InChI=1S/C21H23F3N4O2/c1-14-10-16(28-8-6-27(7-9-28)13-21(22,23)24)3-5-17(14)25-15-2-4-18-19(11-15)30-12-20(29)26-18/h2-5,10-11,25H,6-9,12-13H2,1H3,(H,26,29). The second-order valence-electron chi connectivity index (χ2n) is 7.55. The molecule has 0 unspecified atom stereocenters. The molecule has 0 atom stereocenters. The van der Waals surface area contributed by atoms with E-state index >= 15 is 0 Å². The van der Waals surface area contributed by atoms with Crippen molar-refractivity contribution < 1.29 is 22.7 Å². The number of ether oxygens (including phenoxy) is 1. The van der Waals surface area contributed by atoms with Crippen molar-refractivity contribution in [2.45, 2.75) is 13.1 Å². The molecule has 2 aliphatic rings. The van der Waals surface area contributed by atoms with E-state index in [2.05, 4.69) is 15.5 Å². The molecule has 0 bridgehead atoms. The number of anilines is 4. The highest BCUT2D eigenvalue weighted by Crippen LogP contribution is 2.33. The summed E-state index contributed by atoms with van der Waals surface area (Å²) in [6, 6.07) is 11.5. The zero-order valence-electron chi connectivity index (χ0n) is 16.6. The number of rotatable bonds is 4. The second kappa shape index (κ2) is 8.06. The lowest BCUT2D eigenvalue weighted by Gasteiger charge is -2.36. The third-order valence-corrected chi connectivity index (χ3v) is 5.24. The highest BCUT2D eigenvalue weighted by Gasteiger charge is 2.32. The number of nitrogens with zero attached hydrogens (tertiary/aromatic N) is 2. The highest BCUT2D eigenvalue weighted by molar-refractivity contribution is 5.95. The van der Waals surface area contributed by atoms with Crippen LogP contribution in [0.1, 0.15) is 5.56 Å². The van der Waals surface area contributed by atoms with Crippen LogP contribution in [0.25, 0.3) is 0 Å². The van der Waals surface area contributed by atoms with Crippen LogP contribution >= 0.6 is 0 Å². The molecule has 6 nitrogen and oxygen atoms in total. The molecule has 1 fully saturated rings. The van der Waals surface area contributed by atoms with Gasteiger partial charge in [-0.2, -0.15) is 13.2 Å². The van der Waals surface area contributed by atoms with Crippen LogP contribution in [-0.4, -0.2) is 56.3 Å². The Balaban J connectivity index is 1.40. The quantitative estimate of drug-likeness (QED) is 0.789. The number of piperazine rings is 1. The van der Waals surface area contributed by atoms with Gasteiger partial charge in [-0.3, -0.25) is 9.69 Å². The minimum atomic E-state index is -4.15. The van der Waals surface area contributed by atoms with Crippen molar-refractivity contribution >= 4 is 28.7 Å². The Labute approximate surface area is 172 Å². The average molecular weight is 420 g/mol. The van der Waals surface area contributed by atoms with Gasteiger partial charge >= 0.3 is 6.18 Å². The summed E-state index contributed by atoms with van der Waals surface area (Å²) in [5.74, 6) is 0.444. The molecule has 4 rings (SSSR count). The van der Waals surface area contributed by atoms with Gasteiger partial charge < -0.3 is 20.3 Å². The van der Waals surface area contributed by atoms with Gasteiger partial charge in [-0.05, 0) is 42.8 Å². The van der Waals surface area contributed by atoms with Gasteiger partial charge in [0.15, 0.2) is 6.61 Å². The number of hydrogen-bond acceptors (Lipinski definition) is 5. The molecule has 0 saturated carbocycles. The molecular formula is C21H23F3N4O2. The summed E-state index contributed by atoms with van der Waals surface area (Å²) < 4.78 is 43.1. The fourth-order valence-electron chi connectivity index (χ4n) is 3.71. The van der Waals surface area contributed by atoms with E-state index in [1.807, 2.05) is 37.3 Å². The molecule has 2 N–H and O–H groups in total. The molecule has 0 aliphatic carbocycles. The summed E-state index contributed by atoms with van der Waals surface area (Å²) in [6.45, 7) is 3.05. The first-order valence-corrected chi connectivity index (χ1v) is 9.75. The molecule has 9 heteroatoms. The monoisotopic (exact) mass is 420 g/mol. The minimum Gasteiger partial charge on any atom is -0.482 e. The van der Waals surface area contributed by atoms with Gasteiger partial charge in [-0.1, -0.05) is 0 Å². The number of amides is 1. The van der Waals surface area contributed by atoms with Gasteiger partial charge in [0.1, 0.15) is 5.75 Å². The lowest BCUT2D eigenvalue weighted by atomic mass is 10.1. The number of benzene rings is 2. The molecule has 30 heavy (non-hydrogen) atoms. The van der Waals surface area contributed by atoms with E-state index in [-0.39, 0.29) is 12.5 Å². The molecule has 2 aromatic carbocycles. The smallest absolute Gasteiger partial charge is 0.401 e. The SMILES string of the molecule is Cc1cc(N2CCN(CC(F)(F)F)CC2)ccc1Nc1ccc2c(c1)OCC(=O)N2. The molecule has 0 spiro atoms. The van der Waals surface area contributed by atoms with Gasteiger partial charge in [-0.15, -0.1) is 0 Å². The summed E-state index contributed by atoms with van der Waals surface area (Å²) in [4.78, 5) is 14.9. The Morgan fingerprint density at radius 2 is 1.87 bits per heavy atom. The van der Waals surface area contributed by atoms with Gasteiger partial charge in [0.05, 0.1) is 12.2 Å². The van der Waals surface area contributed by atoms with Crippen molar-refractivity contribution in [2.75, 3.05) is 54.9 Å². The number of fused-ring (bicyclic) bond motifs is 1. The molecular weight excluding hydrogens is 397 g/mol. The van der Waals surface area contributed by atoms with Crippen molar-refractivity contribution in [2.24, 2.45) is 0 Å². The van der Waals surface area contributed by atoms with E-state index in [0.717, 1.165) is 22.6 Å². The molecule has 0 radical (unpaired) electrons. The number of carbonyl (C=O) groups is 1. The highest BCUT2D eigenvalue weighted by atomic mass is 19.4. The number of aryl methyl sites for hydroxylation is 1. The molecule has 2 aliphatic heterocycles. The number of nitrogens with one attached hydrogen (secondary N) is 2. The predicted octanol–water partition coefficient (Wildman–Crippen LogP) is 3.75.